The highest BCUT2D eigenvalue weighted by Gasteiger charge is 2.30. The Morgan fingerprint density at radius 2 is 1.96 bits per heavy atom. The number of aromatic nitrogens is 1. The van der Waals surface area contributed by atoms with Gasteiger partial charge in [-0.3, -0.25) is 9.59 Å². The number of nitrogens with zero attached hydrogens (tertiary/aromatic N) is 2. The van der Waals surface area contributed by atoms with Crippen molar-refractivity contribution in [1.29, 1.82) is 0 Å². The van der Waals surface area contributed by atoms with Gasteiger partial charge in [-0.25, -0.2) is 4.98 Å². The number of ether oxygens (including phenoxy) is 1. The van der Waals surface area contributed by atoms with Gasteiger partial charge in [-0.2, -0.15) is 0 Å². The second-order valence-corrected chi connectivity index (χ2v) is 7.07. The molecule has 0 atom stereocenters. The molecule has 0 spiro atoms. The molecule has 3 rings (SSSR count). The Balaban J connectivity index is 1.85. The summed E-state index contributed by atoms with van der Waals surface area (Å²) < 4.78 is 5.16. The molecule has 132 valence electrons. The molecule has 0 bridgehead atoms. The number of rotatable bonds is 5. The number of carbonyl (C=O) groups is 2. The molecule has 2 aromatic rings. The van der Waals surface area contributed by atoms with Gasteiger partial charge in [-0.05, 0) is 18.4 Å². The maximum absolute atomic E-state index is 13.0. The lowest BCUT2D eigenvalue weighted by atomic mass is 9.97. The summed E-state index contributed by atoms with van der Waals surface area (Å²) in [6, 6.07) is 9.70. The summed E-state index contributed by atoms with van der Waals surface area (Å²) in [5.74, 6) is -1.29. The molecule has 1 amide bonds. The van der Waals surface area contributed by atoms with E-state index in [1.165, 1.54) is 11.3 Å². The van der Waals surface area contributed by atoms with Gasteiger partial charge in [-0.15, -0.1) is 11.3 Å². The molecule has 1 aromatic heterocycles. The summed E-state index contributed by atoms with van der Waals surface area (Å²) in [4.78, 5) is 31.1. The first kappa shape index (κ1) is 17.6. The first-order valence-corrected chi connectivity index (χ1v) is 8.98. The molecule has 6 nitrogen and oxygen atoms in total. The molecule has 0 unspecified atom stereocenters. The minimum absolute atomic E-state index is 0.138. The van der Waals surface area contributed by atoms with Gasteiger partial charge in [0.15, 0.2) is 0 Å². The molecular formula is C18H20N2O4S. The monoisotopic (exact) mass is 360 g/mol. The van der Waals surface area contributed by atoms with Gasteiger partial charge in [0.05, 0.1) is 17.4 Å². The van der Waals surface area contributed by atoms with E-state index in [1.54, 1.807) is 12.0 Å². The van der Waals surface area contributed by atoms with Crippen LogP contribution in [0.5, 0.6) is 0 Å². The predicted octanol–water partition coefficient (Wildman–Crippen LogP) is 2.89. The van der Waals surface area contributed by atoms with E-state index in [4.69, 9.17) is 9.84 Å². The third kappa shape index (κ3) is 3.88. The Bertz CT molecular complexity index is 752. The quantitative estimate of drug-likeness (QED) is 0.887. The van der Waals surface area contributed by atoms with E-state index in [0.29, 0.717) is 38.2 Å². The average Bonchev–Trinajstić information content (AvgIpc) is 3.06. The third-order valence-corrected chi connectivity index (χ3v) is 5.39. The van der Waals surface area contributed by atoms with Crippen molar-refractivity contribution in [3.8, 4) is 10.4 Å². The summed E-state index contributed by atoms with van der Waals surface area (Å²) >= 11 is 1.46. The summed E-state index contributed by atoms with van der Waals surface area (Å²) in [5.41, 5.74) is 1.38. The topological polar surface area (TPSA) is 79.7 Å². The number of carbonyl (C=O) groups excluding carboxylic acids is 1. The maximum atomic E-state index is 13.0. The van der Waals surface area contributed by atoms with Crippen LogP contribution in [0.25, 0.3) is 10.4 Å². The number of hydrogen-bond donors (Lipinski definition) is 1. The molecule has 0 aliphatic carbocycles. The lowest BCUT2D eigenvalue weighted by Crippen LogP contribution is -2.40. The van der Waals surface area contributed by atoms with E-state index in [9.17, 15) is 9.59 Å². The molecule has 0 saturated carbocycles. The Hall–Kier alpha value is -2.25. The predicted molar refractivity (Wildman–Crippen MR) is 94.5 cm³/mol. The van der Waals surface area contributed by atoms with E-state index >= 15 is 0 Å². The van der Waals surface area contributed by atoms with E-state index < -0.39 is 5.97 Å². The van der Waals surface area contributed by atoms with Crippen molar-refractivity contribution in [2.24, 2.45) is 5.92 Å². The van der Waals surface area contributed by atoms with Crippen LogP contribution in [-0.4, -0.2) is 47.1 Å². The van der Waals surface area contributed by atoms with E-state index in [0.717, 1.165) is 15.4 Å². The largest absolute Gasteiger partial charge is 0.481 e. The number of hydrogen-bond acceptors (Lipinski definition) is 5. The van der Waals surface area contributed by atoms with E-state index in [-0.39, 0.29) is 11.8 Å². The highest BCUT2D eigenvalue weighted by molar-refractivity contribution is 7.15. The summed E-state index contributed by atoms with van der Waals surface area (Å²) in [6.45, 7) is 1.25. The smallest absolute Gasteiger partial charge is 0.306 e. The molecule has 25 heavy (non-hydrogen) atoms. The molecule has 7 heteroatoms. The lowest BCUT2D eigenvalue weighted by molar-refractivity contribution is -0.143. The summed E-state index contributed by atoms with van der Waals surface area (Å²) in [5, 5.41) is 9.86. The molecule has 1 fully saturated rings. The number of thiazole rings is 1. The lowest BCUT2D eigenvalue weighted by Gasteiger charge is -2.29. The summed E-state index contributed by atoms with van der Waals surface area (Å²) in [7, 11) is 1.60. The number of amides is 1. The highest BCUT2D eigenvalue weighted by Crippen LogP contribution is 2.32. The van der Waals surface area contributed by atoms with Crippen molar-refractivity contribution in [1.82, 2.24) is 9.88 Å². The van der Waals surface area contributed by atoms with Gasteiger partial charge in [0.2, 0.25) is 0 Å². The van der Waals surface area contributed by atoms with Gasteiger partial charge in [0.1, 0.15) is 10.7 Å². The number of likely N-dealkylation sites (tertiary alicyclic amines) is 1. The van der Waals surface area contributed by atoms with Crippen molar-refractivity contribution in [3.05, 3.63) is 41.0 Å². The molecule has 0 radical (unpaired) electrons. The average molecular weight is 360 g/mol. The maximum Gasteiger partial charge on any atom is 0.306 e. The van der Waals surface area contributed by atoms with Crippen LogP contribution in [0.3, 0.4) is 0 Å². The second kappa shape index (κ2) is 7.76. The van der Waals surface area contributed by atoms with Crippen LogP contribution in [0.1, 0.15) is 28.3 Å². The zero-order chi connectivity index (χ0) is 17.8. The Morgan fingerprint density at radius 3 is 2.56 bits per heavy atom. The number of carboxylic acids is 1. The first-order chi connectivity index (χ1) is 12.1. The standard InChI is InChI=1S/C18H20N2O4S/c1-24-11-14-19-15(16(25-14)12-5-3-2-4-6-12)17(21)20-9-7-13(8-10-20)18(22)23/h2-6,13H,7-11H2,1H3,(H,22,23). The zero-order valence-electron chi connectivity index (χ0n) is 14.0. The van der Waals surface area contributed by atoms with Crippen molar-refractivity contribution in [3.63, 3.8) is 0 Å². The molecule has 1 aliphatic heterocycles. The van der Waals surface area contributed by atoms with Crippen molar-refractivity contribution in [2.75, 3.05) is 20.2 Å². The van der Waals surface area contributed by atoms with E-state index in [2.05, 4.69) is 4.98 Å². The van der Waals surface area contributed by atoms with E-state index in [1.807, 2.05) is 30.3 Å². The SMILES string of the molecule is COCc1nc(C(=O)N2CCC(C(=O)O)CC2)c(-c2ccccc2)s1. The van der Waals surface area contributed by atoms with Gasteiger partial charge in [0.25, 0.3) is 5.91 Å². The number of carboxylic acid groups (broad SMARTS) is 1. The van der Waals surface area contributed by atoms with Crippen LogP contribution in [-0.2, 0) is 16.1 Å². The Kier molecular flexibility index (Phi) is 5.45. The van der Waals surface area contributed by atoms with Crippen molar-refractivity contribution in [2.45, 2.75) is 19.4 Å². The minimum atomic E-state index is -0.784. The number of methoxy groups -OCH3 is 1. The highest BCUT2D eigenvalue weighted by atomic mass is 32.1. The molecule has 1 saturated heterocycles. The summed E-state index contributed by atoms with van der Waals surface area (Å²) in [6.07, 6.45) is 0.966. The Labute approximate surface area is 150 Å². The normalized spacial score (nSPS) is 15.3. The van der Waals surface area contributed by atoms with Gasteiger partial charge in [0, 0.05) is 20.2 Å². The van der Waals surface area contributed by atoms with Crippen LogP contribution < -0.4 is 0 Å². The zero-order valence-corrected chi connectivity index (χ0v) is 14.8. The molecule has 2 heterocycles. The molecule has 1 aromatic carbocycles. The number of benzene rings is 1. The van der Waals surface area contributed by atoms with Crippen LogP contribution in [0.2, 0.25) is 0 Å². The minimum Gasteiger partial charge on any atom is -0.481 e. The first-order valence-electron chi connectivity index (χ1n) is 8.16. The van der Waals surface area contributed by atoms with Crippen LogP contribution in [0.15, 0.2) is 30.3 Å². The van der Waals surface area contributed by atoms with Crippen molar-refractivity contribution < 1.29 is 19.4 Å². The molecule has 1 N–H and O–H groups in total. The number of aliphatic carboxylic acids is 1. The van der Waals surface area contributed by atoms with Gasteiger partial charge >= 0.3 is 5.97 Å². The molecular weight excluding hydrogens is 340 g/mol. The van der Waals surface area contributed by atoms with Crippen LogP contribution in [0.4, 0.5) is 0 Å². The third-order valence-electron chi connectivity index (χ3n) is 4.31. The Morgan fingerprint density at radius 1 is 1.28 bits per heavy atom. The van der Waals surface area contributed by atoms with Crippen LogP contribution in [0, 0.1) is 5.92 Å². The van der Waals surface area contributed by atoms with Crippen molar-refractivity contribution >= 4 is 23.2 Å². The molecule has 1 aliphatic rings. The number of piperidine rings is 1. The second-order valence-electron chi connectivity index (χ2n) is 5.99. The fraction of sp³-hybridized carbons (Fsp3) is 0.389. The fourth-order valence-corrected chi connectivity index (χ4v) is 3.99. The fourth-order valence-electron chi connectivity index (χ4n) is 2.96. The van der Waals surface area contributed by atoms with Gasteiger partial charge in [-0.1, -0.05) is 30.3 Å². The van der Waals surface area contributed by atoms with Gasteiger partial charge < -0.3 is 14.7 Å². The van der Waals surface area contributed by atoms with Crippen LogP contribution >= 0.6 is 11.3 Å².